The van der Waals surface area contributed by atoms with Gasteiger partial charge >= 0.3 is 0 Å². The molecule has 6 nitrogen and oxygen atoms in total. The minimum Gasteiger partial charge on any atom is -0.495 e. The number of amides is 1. The maximum Gasteiger partial charge on any atom is 0.240 e. The molecule has 0 unspecified atom stereocenters. The van der Waals surface area contributed by atoms with Gasteiger partial charge in [0.05, 0.1) is 17.0 Å². The molecule has 0 atom stereocenters. The number of sulfonamides is 1. The van der Waals surface area contributed by atoms with Crippen molar-refractivity contribution in [2.24, 2.45) is 0 Å². The molecule has 0 bridgehead atoms. The number of anilines is 1. The number of halogens is 1. The van der Waals surface area contributed by atoms with E-state index < -0.39 is 10.0 Å². The van der Waals surface area contributed by atoms with E-state index in [2.05, 4.69) is 10.0 Å². The van der Waals surface area contributed by atoms with E-state index in [0.29, 0.717) is 16.5 Å². The Morgan fingerprint density at radius 1 is 1.04 bits per heavy atom. The monoisotopic (exact) mass is 418 g/mol. The second kappa shape index (κ2) is 8.60. The van der Waals surface area contributed by atoms with Crippen LogP contribution in [0, 0.1) is 0 Å². The molecule has 28 heavy (non-hydrogen) atoms. The van der Waals surface area contributed by atoms with Gasteiger partial charge < -0.3 is 10.1 Å². The van der Waals surface area contributed by atoms with Crippen LogP contribution >= 0.6 is 11.6 Å². The first-order valence-corrected chi connectivity index (χ1v) is 10.4. The molecule has 3 aromatic rings. The minimum absolute atomic E-state index is 0.0174. The molecule has 3 aromatic carbocycles. The molecule has 146 valence electrons. The first-order valence-electron chi connectivity index (χ1n) is 8.51. The lowest BCUT2D eigenvalue weighted by Crippen LogP contribution is -2.27. The van der Waals surface area contributed by atoms with E-state index in [1.807, 2.05) is 24.3 Å². The third-order valence-electron chi connectivity index (χ3n) is 4.11. The van der Waals surface area contributed by atoms with Gasteiger partial charge in [-0.15, -0.1) is 0 Å². The molecule has 0 aliphatic heterocycles. The third-order valence-corrected chi connectivity index (χ3v) is 5.86. The summed E-state index contributed by atoms with van der Waals surface area (Å²) in [6.07, 6.45) is -0.0174. The molecule has 8 heteroatoms. The fourth-order valence-electron chi connectivity index (χ4n) is 2.68. The molecule has 0 aliphatic carbocycles. The van der Waals surface area contributed by atoms with Gasteiger partial charge in [0.25, 0.3) is 0 Å². The average Bonchev–Trinajstić information content (AvgIpc) is 2.67. The van der Waals surface area contributed by atoms with E-state index in [1.54, 1.807) is 36.4 Å². The summed E-state index contributed by atoms with van der Waals surface area (Å²) >= 11 is 6.02. The summed E-state index contributed by atoms with van der Waals surface area (Å²) in [6.45, 7) is -0.0229. The number of carbonyl (C=O) groups excluding carboxylic acids is 1. The molecule has 0 saturated heterocycles. The zero-order chi connectivity index (χ0) is 20.1. The van der Waals surface area contributed by atoms with Gasteiger partial charge in [0.2, 0.25) is 15.9 Å². The lowest BCUT2D eigenvalue weighted by molar-refractivity contribution is -0.116. The number of nitrogens with one attached hydrogen (secondary N) is 2. The van der Waals surface area contributed by atoms with Crippen molar-refractivity contribution in [1.82, 2.24) is 4.72 Å². The third kappa shape index (κ3) is 4.81. The van der Waals surface area contributed by atoms with Crippen molar-refractivity contribution in [3.8, 4) is 5.75 Å². The Morgan fingerprint density at radius 3 is 2.50 bits per heavy atom. The number of ether oxygens (including phenoxy) is 1. The molecule has 0 saturated carbocycles. The Morgan fingerprint density at radius 2 is 1.79 bits per heavy atom. The standard InChI is InChI=1S/C20H19ClN2O4S/c1-27-19-9-7-16(13-18(19)21)23-20(24)10-11-22-28(25,26)17-8-6-14-4-2-3-5-15(14)12-17/h2-9,12-13,22H,10-11H2,1H3,(H,23,24). The first kappa shape index (κ1) is 20.1. The Balaban J connectivity index is 1.58. The fraction of sp³-hybridized carbons (Fsp3) is 0.150. The Bertz CT molecular complexity index is 1120. The van der Waals surface area contributed by atoms with Crippen molar-refractivity contribution >= 4 is 44.0 Å². The Hall–Kier alpha value is -2.61. The lowest BCUT2D eigenvalue weighted by Gasteiger charge is -2.09. The van der Waals surface area contributed by atoms with Crippen LogP contribution in [0.15, 0.2) is 65.6 Å². The highest BCUT2D eigenvalue weighted by Gasteiger charge is 2.15. The molecular formula is C20H19ClN2O4S. The van der Waals surface area contributed by atoms with Crippen LogP contribution in [-0.4, -0.2) is 28.0 Å². The van der Waals surface area contributed by atoms with Crippen LogP contribution in [0.2, 0.25) is 5.02 Å². The molecular weight excluding hydrogens is 400 g/mol. The lowest BCUT2D eigenvalue weighted by atomic mass is 10.1. The van der Waals surface area contributed by atoms with Gasteiger partial charge in [-0.2, -0.15) is 0 Å². The van der Waals surface area contributed by atoms with E-state index in [-0.39, 0.29) is 23.8 Å². The number of hydrogen-bond acceptors (Lipinski definition) is 4. The SMILES string of the molecule is COc1ccc(NC(=O)CCNS(=O)(=O)c2ccc3ccccc3c2)cc1Cl. The van der Waals surface area contributed by atoms with Crippen molar-refractivity contribution < 1.29 is 17.9 Å². The first-order chi connectivity index (χ1) is 13.4. The summed E-state index contributed by atoms with van der Waals surface area (Å²) in [5.74, 6) is 0.172. The summed E-state index contributed by atoms with van der Waals surface area (Å²) in [6, 6.07) is 17.3. The van der Waals surface area contributed by atoms with Gasteiger partial charge in [0.15, 0.2) is 0 Å². The van der Waals surface area contributed by atoms with Crippen molar-refractivity contribution in [2.45, 2.75) is 11.3 Å². The zero-order valence-corrected chi connectivity index (χ0v) is 16.7. The van der Waals surface area contributed by atoms with Crippen molar-refractivity contribution in [2.75, 3.05) is 19.0 Å². The van der Waals surface area contributed by atoms with Crippen LogP contribution in [0.5, 0.6) is 5.75 Å². The molecule has 0 heterocycles. The van der Waals surface area contributed by atoms with Crippen LogP contribution in [-0.2, 0) is 14.8 Å². The van der Waals surface area contributed by atoms with E-state index in [9.17, 15) is 13.2 Å². The van der Waals surface area contributed by atoms with Gasteiger partial charge in [0.1, 0.15) is 5.75 Å². The Labute approximate surface area is 168 Å². The summed E-state index contributed by atoms with van der Waals surface area (Å²) in [5.41, 5.74) is 0.508. The van der Waals surface area contributed by atoms with E-state index in [0.717, 1.165) is 10.8 Å². The summed E-state index contributed by atoms with van der Waals surface area (Å²) in [4.78, 5) is 12.2. The number of hydrogen-bond donors (Lipinski definition) is 2. The normalized spacial score (nSPS) is 11.4. The molecule has 2 N–H and O–H groups in total. The number of methoxy groups -OCH3 is 1. The maximum absolute atomic E-state index is 12.5. The van der Waals surface area contributed by atoms with Crippen molar-refractivity contribution in [1.29, 1.82) is 0 Å². The predicted octanol–water partition coefficient (Wildman–Crippen LogP) is 3.81. The number of carbonyl (C=O) groups is 1. The van der Waals surface area contributed by atoms with Crippen LogP contribution in [0.3, 0.4) is 0 Å². The summed E-state index contributed by atoms with van der Waals surface area (Å²) in [7, 11) is -2.20. The van der Waals surface area contributed by atoms with Crippen LogP contribution < -0.4 is 14.8 Å². The van der Waals surface area contributed by atoms with E-state index in [4.69, 9.17) is 16.3 Å². The number of rotatable bonds is 7. The zero-order valence-electron chi connectivity index (χ0n) is 15.1. The maximum atomic E-state index is 12.5. The van der Waals surface area contributed by atoms with E-state index in [1.165, 1.54) is 7.11 Å². The molecule has 3 rings (SSSR count). The molecule has 1 amide bonds. The molecule has 0 aromatic heterocycles. The average molecular weight is 419 g/mol. The summed E-state index contributed by atoms with van der Waals surface area (Å²) in [5, 5.41) is 4.83. The molecule has 0 radical (unpaired) electrons. The van der Waals surface area contributed by atoms with E-state index >= 15 is 0 Å². The quantitative estimate of drug-likeness (QED) is 0.611. The summed E-state index contributed by atoms with van der Waals surface area (Å²) < 4.78 is 32.4. The fourth-order valence-corrected chi connectivity index (χ4v) is 4.01. The van der Waals surface area contributed by atoms with Crippen LogP contribution in [0.25, 0.3) is 10.8 Å². The molecule has 0 spiro atoms. The number of benzene rings is 3. The van der Waals surface area contributed by atoms with Gasteiger partial charge in [0, 0.05) is 18.7 Å². The molecule has 0 aliphatic rings. The largest absolute Gasteiger partial charge is 0.495 e. The highest BCUT2D eigenvalue weighted by atomic mass is 35.5. The van der Waals surface area contributed by atoms with Crippen LogP contribution in [0.4, 0.5) is 5.69 Å². The van der Waals surface area contributed by atoms with Gasteiger partial charge in [-0.3, -0.25) is 4.79 Å². The highest BCUT2D eigenvalue weighted by molar-refractivity contribution is 7.89. The predicted molar refractivity (Wildman–Crippen MR) is 110 cm³/mol. The topological polar surface area (TPSA) is 84.5 Å². The number of fused-ring (bicyclic) bond motifs is 1. The smallest absolute Gasteiger partial charge is 0.240 e. The Kier molecular flexibility index (Phi) is 6.18. The molecule has 0 fully saturated rings. The van der Waals surface area contributed by atoms with Crippen molar-refractivity contribution in [3.05, 3.63) is 65.7 Å². The van der Waals surface area contributed by atoms with Gasteiger partial charge in [-0.05, 0) is 41.1 Å². The van der Waals surface area contributed by atoms with Gasteiger partial charge in [-0.25, -0.2) is 13.1 Å². The van der Waals surface area contributed by atoms with Crippen LogP contribution in [0.1, 0.15) is 6.42 Å². The minimum atomic E-state index is -3.70. The second-order valence-corrected chi connectivity index (χ2v) is 8.23. The van der Waals surface area contributed by atoms with Gasteiger partial charge in [-0.1, -0.05) is 41.9 Å². The highest BCUT2D eigenvalue weighted by Crippen LogP contribution is 2.27. The second-order valence-electron chi connectivity index (χ2n) is 6.05. The van der Waals surface area contributed by atoms with Crippen molar-refractivity contribution in [3.63, 3.8) is 0 Å².